The lowest BCUT2D eigenvalue weighted by atomic mass is 9.81. The second kappa shape index (κ2) is 6.40. The average Bonchev–Trinajstić information content (AvgIpc) is 2.38. The monoisotopic (exact) mass is 277 g/mol. The molecular formula is C17H27NO2. The first-order valence-corrected chi connectivity index (χ1v) is 7.17. The third-order valence-electron chi connectivity index (χ3n) is 3.83. The molecule has 0 saturated heterocycles. The third-order valence-corrected chi connectivity index (χ3v) is 3.83. The van der Waals surface area contributed by atoms with Gasteiger partial charge in [-0.05, 0) is 31.2 Å². The van der Waals surface area contributed by atoms with Crippen molar-refractivity contribution in [1.29, 1.82) is 0 Å². The van der Waals surface area contributed by atoms with Crippen molar-refractivity contribution in [2.45, 2.75) is 52.5 Å². The molecule has 0 aromatic heterocycles. The molecule has 20 heavy (non-hydrogen) atoms. The van der Waals surface area contributed by atoms with Crippen LogP contribution in [-0.2, 0) is 10.2 Å². The molecule has 112 valence electrons. The van der Waals surface area contributed by atoms with Gasteiger partial charge in [-0.3, -0.25) is 4.79 Å². The number of hydrogen-bond donors (Lipinski definition) is 2. The summed E-state index contributed by atoms with van der Waals surface area (Å²) in [7, 11) is 0. The number of nitrogens with one attached hydrogen (secondary N) is 1. The summed E-state index contributed by atoms with van der Waals surface area (Å²) in [6.07, 6.45) is 0.570. The predicted molar refractivity (Wildman–Crippen MR) is 82.6 cm³/mol. The Kier molecular flexibility index (Phi) is 5.35. The van der Waals surface area contributed by atoms with Gasteiger partial charge in [0.1, 0.15) is 0 Å². The van der Waals surface area contributed by atoms with E-state index in [-0.39, 0.29) is 24.0 Å². The molecule has 0 saturated carbocycles. The van der Waals surface area contributed by atoms with Crippen LogP contribution in [0.15, 0.2) is 30.3 Å². The molecule has 2 N–H and O–H groups in total. The van der Waals surface area contributed by atoms with Crippen LogP contribution >= 0.6 is 0 Å². The fourth-order valence-electron chi connectivity index (χ4n) is 2.18. The minimum Gasteiger partial charge on any atom is -0.396 e. The fourth-order valence-corrected chi connectivity index (χ4v) is 2.18. The van der Waals surface area contributed by atoms with E-state index in [1.165, 1.54) is 0 Å². The van der Waals surface area contributed by atoms with E-state index in [9.17, 15) is 9.90 Å². The van der Waals surface area contributed by atoms with E-state index >= 15 is 0 Å². The molecule has 1 unspecified atom stereocenters. The van der Waals surface area contributed by atoms with Crippen LogP contribution in [0.2, 0.25) is 0 Å². The summed E-state index contributed by atoms with van der Waals surface area (Å²) in [5.41, 5.74) is 0.333. The summed E-state index contributed by atoms with van der Waals surface area (Å²) < 4.78 is 0. The van der Waals surface area contributed by atoms with Gasteiger partial charge >= 0.3 is 0 Å². The highest BCUT2D eigenvalue weighted by molar-refractivity contribution is 5.87. The molecule has 1 aromatic carbocycles. The second-order valence-corrected chi connectivity index (χ2v) is 6.90. The van der Waals surface area contributed by atoms with Gasteiger partial charge in [-0.1, -0.05) is 51.1 Å². The summed E-state index contributed by atoms with van der Waals surface area (Å²) in [6.45, 7) is 10.1. The summed E-state index contributed by atoms with van der Waals surface area (Å²) in [6, 6.07) is 9.73. The van der Waals surface area contributed by atoms with Gasteiger partial charge in [-0.25, -0.2) is 0 Å². The largest absolute Gasteiger partial charge is 0.396 e. The Morgan fingerprint density at radius 1 is 1.15 bits per heavy atom. The number of aliphatic hydroxyl groups is 1. The molecule has 0 radical (unpaired) electrons. The lowest BCUT2D eigenvalue weighted by Gasteiger charge is -2.34. The van der Waals surface area contributed by atoms with Gasteiger partial charge in [-0.2, -0.15) is 0 Å². The van der Waals surface area contributed by atoms with Gasteiger partial charge in [0.25, 0.3) is 0 Å². The van der Waals surface area contributed by atoms with Gasteiger partial charge in [0.2, 0.25) is 5.91 Å². The molecule has 0 spiro atoms. The van der Waals surface area contributed by atoms with E-state index < -0.39 is 5.41 Å². The zero-order valence-electron chi connectivity index (χ0n) is 13.2. The summed E-state index contributed by atoms with van der Waals surface area (Å²) in [5.74, 6) is -0.00271. The highest BCUT2D eigenvalue weighted by atomic mass is 16.3. The molecule has 0 bridgehead atoms. The normalized spacial score (nSPS) is 13.9. The highest BCUT2D eigenvalue weighted by Gasteiger charge is 2.34. The van der Waals surface area contributed by atoms with E-state index in [1.807, 2.05) is 44.2 Å². The van der Waals surface area contributed by atoms with E-state index in [2.05, 4.69) is 26.1 Å². The van der Waals surface area contributed by atoms with Gasteiger partial charge in [0.15, 0.2) is 0 Å². The maximum Gasteiger partial charge on any atom is 0.230 e. The Balaban J connectivity index is 2.88. The van der Waals surface area contributed by atoms with Gasteiger partial charge in [-0.15, -0.1) is 0 Å². The summed E-state index contributed by atoms with van der Waals surface area (Å²) in [4.78, 5) is 12.6. The minimum atomic E-state index is -0.583. The van der Waals surface area contributed by atoms with Crippen LogP contribution in [0.4, 0.5) is 0 Å². The number of aliphatic hydroxyl groups excluding tert-OH is 1. The smallest absolute Gasteiger partial charge is 0.230 e. The van der Waals surface area contributed by atoms with E-state index in [1.54, 1.807) is 0 Å². The van der Waals surface area contributed by atoms with Crippen molar-refractivity contribution in [3.63, 3.8) is 0 Å². The number of rotatable bonds is 5. The van der Waals surface area contributed by atoms with E-state index in [0.717, 1.165) is 5.56 Å². The van der Waals surface area contributed by atoms with Crippen LogP contribution in [0.5, 0.6) is 0 Å². The van der Waals surface area contributed by atoms with Crippen LogP contribution < -0.4 is 5.32 Å². The predicted octanol–water partition coefficient (Wildman–Crippen LogP) is 2.88. The fraction of sp³-hybridized carbons (Fsp3) is 0.588. The van der Waals surface area contributed by atoms with Crippen LogP contribution in [0, 0.1) is 5.41 Å². The maximum absolute atomic E-state index is 12.6. The first kappa shape index (κ1) is 16.7. The molecule has 0 aliphatic carbocycles. The summed E-state index contributed by atoms with van der Waals surface area (Å²) >= 11 is 0. The number of hydrogen-bond acceptors (Lipinski definition) is 2. The van der Waals surface area contributed by atoms with Crippen molar-refractivity contribution in [1.82, 2.24) is 5.32 Å². The number of carbonyl (C=O) groups excluding carboxylic acids is 1. The molecular weight excluding hydrogens is 250 g/mol. The number of amides is 1. The van der Waals surface area contributed by atoms with E-state index in [0.29, 0.717) is 6.42 Å². The zero-order chi connectivity index (χ0) is 15.4. The lowest BCUT2D eigenvalue weighted by Crippen LogP contribution is -2.50. The van der Waals surface area contributed by atoms with Gasteiger partial charge in [0.05, 0.1) is 5.41 Å². The van der Waals surface area contributed by atoms with Crippen LogP contribution in [0.1, 0.15) is 46.6 Å². The number of carbonyl (C=O) groups is 1. The molecule has 3 nitrogen and oxygen atoms in total. The molecule has 0 heterocycles. The number of benzene rings is 1. The Hall–Kier alpha value is -1.35. The topological polar surface area (TPSA) is 49.3 Å². The van der Waals surface area contributed by atoms with Crippen molar-refractivity contribution >= 4 is 5.91 Å². The van der Waals surface area contributed by atoms with Crippen molar-refractivity contribution in [2.75, 3.05) is 6.61 Å². The molecule has 0 aliphatic heterocycles. The first-order valence-electron chi connectivity index (χ1n) is 7.17. The molecule has 1 atom stereocenters. The average molecular weight is 277 g/mol. The summed E-state index contributed by atoms with van der Waals surface area (Å²) in [5, 5.41) is 12.3. The Morgan fingerprint density at radius 3 is 2.15 bits per heavy atom. The first-order chi connectivity index (χ1) is 9.19. The Labute approximate surface area is 122 Å². The molecule has 3 heteroatoms. The highest BCUT2D eigenvalue weighted by Crippen LogP contribution is 2.26. The van der Waals surface area contributed by atoms with Gasteiger partial charge < -0.3 is 10.4 Å². The lowest BCUT2D eigenvalue weighted by molar-refractivity contribution is -0.127. The molecule has 1 rings (SSSR count). The van der Waals surface area contributed by atoms with Crippen molar-refractivity contribution < 1.29 is 9.90 Å². The van der Waals surface area contributed by atoms with Crippen LogP contribution in [0.25, 0.3) is 0 Å². The molecule has 0 aliphatic rings. The molecule has 0 fully saturated rings. The second-order valence-electron chi connectivity index (χ2n) is 6.90. The van der Waals surface area contributed by atoms with E-state index in [4.69, 9.17) is 0 Å². The van der Waals surface area contributed by atoms with Crippen molar-refractivity contribution in [3.8, 4) is 0 Å². The van der Waals surface area contributed by atoms with Crippen molar-refractivity contribution in [3.05, 3.63) is 35.9 Å². The zero-order valence-corrected chi connectivity index (χ0v) is 13.2. The Bertz CT molecular complexity index is 432. The van der Waals surface area contributed by atoms with Crippen LogP contribution in [-0.4, -0.2) is 23.7 Å². The van der Waals surface area contributed by atoms with Crippen molar-refractivity contribution in [2.24, 2.45) is 5.41 Å². The molecule has 1 aromatic rings. The minimum absolute atomic E-state index is 0.00271. The van der Waals surface area contributed by atoms with Gasteiger partial charge in [0, 0.05) is 12.6 Å². The maximum atomic E-state index is 12.6. The SMILES string of the molecule is CC(C)(C(=O)NC(CCO)C(C)(C)C)c1ccccc1. The van der Waals surface area contributed by atoms with Crippen LogP contribution in [0.3, 0.4) is 0 Å². The standard InChI is InChI=1S/C17H27NO2/c1-16(2,3)14(11-12-19)18-15(20)17(4,5)13-9-7-6-8-10-13/h6-10,14,19H,11-12H2,1-5H3,(H,18,20). The quantitative estimate of drug-likeness (QED) is 0.869. The third kappa shape index (κ3) is 4.07. The molecule has 1 amide bonds. The Morgan fingerprint density at radius 2 is 1.70 bits per heavy atom.